The molecule has 3 aromatic rings. The number of carbonyl (C=O) groups is 1. The summed E-state index contributed by atoms with van der Waals surface area (Å²) in [4.78, 5) is 12.6. The average Bonchev–Trinajstić information content (AvgIpc) is 3.28. The molecular formula is C21H22FN5O4S3. The van der Waals surface area contributed by atoms with Gasteiger partial charge in [0, 0.05) is 18.8 Å². The van der Waals surface area contributed by atoms with Gasteiger partial charge in [-0.05, 0) is 36.8 Å². The first-order chi connectivity index (χ1) is 16.3. The first kappa shape index (κ1) is 24.5. The van der Waals surface area contributed by atoms with Crippen molar-refractivity contribution in [2.24, 2.45) is 0 Å². The van der Waals surface area contributed by atoms with E-state index in [9.17, 15) is 17.6 Å². The Morgan fingerprint density at radius 3 is 2.71 bits per heavy atom. The monoisotopic (exact) mass is 523 g/mol. The molecule has 13 heteroatoms. The van der Waals surface area contributed by atoms with E-state index in [1.54, 1.807) is 31.2 Å². The molecule has 0 aliphatic carbocycles. The summed E-state index contributed by atoms with van der Waals surface area (Å²) in [5.41, 5.74) is 1.46. The number of nitrogens with zero attached hydrogens (tertiary/aromatic N) is 3. The van der Waals surface area contributed by atoms with Crippen LogP contribution < -0.4 is 10.6 Å². The van der Waals surface area contributed by atoms with Crippen LogP contribution in [0.25, 0.3) is 0 Å². The highest BCUT2D eigenvalue weighted by molar-refractivity contribution is 8.01. The van der Waals surface area contributed by atoms with Crippen molar-refractivity contribution in [1.82, 2.24) is 14.5 Å². The largest absolute Gasteiger partial charge is 0.379 e. The zero-order valence-corrected chi connectivity index (χ0v) is 20.6. The van der Waals surface area contributed by atoms with Crippen LogP contribution in [-0.2, 0) is 19.6 Å². The summed E-state index contributed by atoms with van der Waals surface area (Å²) in [6.45, 7) is 3.09. The van der Waals surface area contributed by atoms with Gasteiger partial charge in [0.2, 0.25) is 21.1 Å². The van der Waals surface area contributed by atoms with Crippen LogP contribution >= 0.6 is 23.1 Å². The van der Waals surface area contributed by atoms with E-state index in [4.69, 9.17) is 4.74 Å². The number of nitrogens with one attached hydrogen (secondary N) is 2. The molecule has 0 atom stereocenters. The third kappa shape index (κ3) is 5.91. The van der Waals surface area contributed by atoms with E-state index in [0.717, 1.165) is 5.56 Å². The molecule has 0 radical (unpaired) electrons. The number of sulfonamides is 1. The maximum atomic E-state index is 13.8. The Labute approximate surface area is 204 Å². The fraction of sp³-hybridized carbons (Fsp3) is 0.286. The molecule has 1 aliphatic rings. The Bertz CT molecular complexity index is 1280. The van der Waals surface area contributed by atoms with Gasteiger partial charge in [0.1, 0.15) is 5.82 Å². The molecule has 0 unspecified atom stereocenters. The predicted molar refractivity (Wildman–Crippen MR) is 130 cm³/mol. The Morgan fingerprint density at radius 2 is 1.94 bits per heavy atom. The SMILES string of the molecule is Cc1ccc(S(=O)(=O)N2CCOCC2)cc1NC(=O)CSc1nnc(Nc2ccccc2F)s1. The second-order valence-corrected chi connectivity index (χ2v) is 11.4. The maximum absolute atomic E-state index is 13.8. The highest BCUT2D eigenvalue weighted by Gasteiger charge is 2.27. The quantitative estimate of drug-likeness (QED) is 0.432. The van der Waals surface area contributed by atoms with Crippen LogP contribution in [0.2, 0.25) is 0 Å². The number of halogens is 1. The molecule has 1 fully saturated rings. The van der Waals surface area contributed by atoms with Crippen LogP contribution in [-0.4, -0.2) is 60.9 Å². The first-order valence-electron chi connectivity index (χ1n) is 10.3. The number of anilines is 3. The van der Waals surface area contributed by atoms with E-state index in [-0.39, 0.29) is 22.2 Å². The minimum absolute atomic E-state index is 0.0498. The Morgan fingerprint density at radius 1 is 1.18 bits per heavy atom. The van der Waals surface area contributed by atoms with E-state index >= 15 is 0 Å². The number of aryl methyl sites for hydroxylation is 1. The van der Waals surface area contributed by atoms with Crippen LogP contribution in [0.1, 0.15) is 5.56 Å². The lowest BCUT2D eigenvalue weighted by Gasteiger charge is -2.26. The van der Waals surface area contributed by atoms with Crippen LogP contribution in [0.3, 0.4) is 0 Å². The number of morpholine rings is 1. The van der Waals surface area contributed by atoms with Crippen LogP contribution in [0.5, 0.6) is 0 Å². The van der Waals surface area contributed by atoms with Crippen molar-refractivity contribution in [3.05, 3.63) is 53.8 Å². The number of thioether (sulfide) groups is 1. The number of aromatic nitrogens is 2. The smallest absolute Gasteiger partial charge is 0.243 e. The summed E-state index contributed by atoms with van der Waals surface area (Å²) < 4.78 is 46.7. The molecule has 0 saturated carbocycles. The van der Waals surface area contributed by atoms with Crippen molar-refractivity contribution in [3.63, 3.8) is 0 Å². The number of hydrogen-bond acceptors (Lipinski definition) is 9. The fourth-order valence-corrected chi connectivity index (χ4v) is 6.14. The molecule has 0 spiro atoms. The number of para-hydroxylation sites is 1. The molecule has 1 aromatic heterocycles. The van der Waals surface area contributed by atoms with Gasteiger partial charge < -0.3 is 15.4 Å². The number of amides is 1. The van der Waals surface area contributed by atoms with Gasteiger partial charge >= 0.3 is 0 Å². The normalized spacial score (nSPS) is 14.6. The van der Waals surface area contributed by atoms with Crippen molar-refractivity contribution >= 4 is 55.5 Å². The van der Waals surface area contributed by atoms with E-state index < -0.39 is 15.8 Å². The molecule has 2 heterocycles. The molecule has 180 valence electrons. The van der Waals surface area contributed by atoms with E-state index in [1.807, 2.05) is 0 Å². The third-order valence-electron chi connectivity index (χ3n) is 4.94. The highest BCUT2D eigenvalue weighted by Crippen LogP contribution is 2.29. The Balaban J connectivity index is 1.36. The summed E-state index contributed by atoms with van der Waals surface area (Å²) in [6.07, 6.45) is 0. The number of carbonyl (C=O) groups excluding carboxylic acids is 1. The topological polar surface area (TPSA) is 114 Å². The van der Waals surface area contributed by atoms with Crippen LogP contribution in [0.4, 0.5) is 20.9 Å². The Kier molecular flexibility index (Phi) is 7.78. The van der Waals surface area contributed by atoms with Gasteiger partial charge in [-0.15, -0.1) is 10.2 Å². The molecule has 34 heavy (non-hydrogen) atoms. The van der Waals surface area contributed by atoms with Gasteiger partial charge in [0.25, 0.3) is 0 Å². The van der Waals surface area contributed by atoms with Crippen molar-refractivity contribution in [3.8, 4) is 0 Å². The number of hydrogen-bond donors (Lipinski definition) is 2. The van der Waals surface area contributed by atoms with Crippen molar-refractivity contribution in [2.75, 3.05) is 42.7 Å². The minimum atomic E-state index is -3.67. The molecule has 4 rings (SSSR count). The number of rotatable bonds is 8. The molecule has 0 bridgehead atoms. The van der Waals surface area contributed by atoms with E-state index in [0.29, 0.717) is 41.5 Å². The van der Waals surface area contributed by atoms with Crippen molar-refractivity contribution < 1.29 is 22.3 Å². The van der Waals surface area contributed by atoms with Gasteiger partial charge in [-0.2, -0.15) is 4.31 Å². The summed E-state index contributed by atoms with van der Waals surface area (Å²) >= 11 is 2.38. The molecule has 2 N–H and O–H groups in total. The highest BCUT2D eigenvalue weighted by atomic mass is 32.2. The Hall–Kier alpha value is -2.58. The lowest BCUT2D eigenvalue weighted by molar-refractivity contribution is -0.113. The van der Waals surface area contributed by atoms with Crippen molar-refractivity contribution in [1.29, 1.82) is 0 Å². The minimum Gasteiger partial charge on any atom is -0.379 e. The zero-order chi connectivity index (χ0) is 24.1. The van der Waals surface area contributed by atoms with Gasteiger partial charge in [-0.25, -0.2) is 12.8 Å². The molecular weight excluding hydrogens is 501 g/mol. The molecule has 2 aromatic carbocycles. The summed E-state index contributed by atoms with van der Waals surface area (Å²) in [5.74, 6) is -0.666. The predicted octanol–water partition coefficient (Wildman–Crippen LogP) is 3.48. The van der Waals surface area contributed by atoms with Gasteiger partial charge in [0.15, 0.2) is 4.34 Å². The zero-order valence-electron chi connectivity index (χ0n) is 18.2. The third-order valence-corrected chi connectivity index (χ3v) is 8.81. The molecule has 9 nitrogen and oxygen atoms in total. The van der Waals surface area contributed by atoms with E-state index in [1.165, 1.54) is 45.6 Å². The molecule has 1 amide bonds. The number of benzene rings is 2. The van der Waals surface area contributed by atoms with Gasteiger partial charge in [0.05, 0.1) is 29.5 Å². The second-order valence-electron chi connectivity index (χ2n) is 7.31. The summed E-state index contributed by atoms with van der Waals surface area (Å²) in [7, 11) is -3.67. The van der Waals surface area contributed by atoms with Crippen LogP contribution in [0, 0.1) is 12.7 Å². The fourth-order valence-electron chi connectivity index (χ4n) is 3.14. The van der Waals surface area contributed by atoms with E-state index in [2.05, 4.69) is 20.8 Å². The standard InChI is InChI=1S/C21H22FN5O4S3/c1-14-6-7-15(34(29,30)27-8-10-31-11-9-27)12-18(14)23-19(28)13-32-21-26-25-20(33-21)24-17-5-3-2-4-16(17)22/h2-7,12H,8-11,13H2,1H3,(H,23,28)(H,24,25). The summed E-state index contributed by atoms with van der Waals surface area (Å²) in [5, 5.41) is 14.0. The maximum Gasteiger partial charge on any atom is 0.243 e. The number of ether oxygens (including phenoxy) is 1. The molecule has 1 saturated heterocycles. The van der Waals surface area contributed by atoms with Crippen LogP contribution in [0.15, 0.2) is 51.7 Å². The molecule has 1 aliphatic heterocycles. The van der Waals surface area contributed by atoms with Crippen molar-refractivity contribution in [2.45, 2.75) is 16.2 Å². The lowest BCUT2D eigenvalue weighted by atomic mass is 10.2. The van der Waals surface area contributed by atoms with Gasteiger partial charge in [-0.3, -0.25) is 4.79 Å². The second kappa shape index (κ2) is 10.8. The lowest BCUT2D eigenvalue weighted by Crippen LogP contribution is -2.40. The summed E-state index contributed by atoms with van der Waals surface area (Å²) in [6, 6.07) is 10.9. The van der Waals surface area contributed by atoms with Gasteiger partial charge in [-0.1, -0.05) is 41.3 Å². The first-order valence-corrected chi connectivity index (χ1v) is 13.5. The average molecular weight is 524 g/mol.